The molecule has 0 atom stereocenters. The Kier molecular flexibility index (Phi) is 4.95. The molecule has 0 bridgehead atoms. The third-order valence-corrected chi connectivity index (χ3v) is 5.04. The second-order valence-electron chi connectivity index (χ2n) is 4.60. The third kappa shape index (κ3) is 3.59. The van der Waals surface area contributed by atoms with Crippen molar-refractivity contribution in [2.24, 2.45) is 0 Å². The van der Waals surface area contributed by atoms with Crippen molar-refractivity contribution in [1.82, 2.24) is 9.97 Å². The molecule has 0 radical (unpaired) electrons. The molecule has 1 aromatic heterocycles. The van der Waals surface area contributed by atoms with Crippen molar-refractivity contribution in [3.8, 4) is 0 Å². The fourth-order valence-corrected chi connectivity index (χ4v) is 3.43. The summed E-state index contributed by atoms with van der Waals surface area (Å²) in [6.45, 7) is 5.91. The molecule has 1 heterocycles. The molecule has 0 saturated heterocycles. The lowest BCUT2D eigenvalue weighted by Gasteiger charge is -2.07. The number of aromatic nitrogens is 2. The van der Waals surface area contributed by atoms with Gasteiger partial charge in [-0.15, -0.1) is 0 Å². The van der Waals surface area contributed by atoms with E-state index in [1.165, 1.54) is 17.8 Å². The summed E-state index contributed by atoms with van der Waals surface area (Å²) in [6.07, 6.45) is 0. The smallest absolute Gasteiger partial charge is 0.258 e. The standard InChI is InChI=1S/C14H14BrN3O2S/c1-8-9(2)16-14(17-10(8)3)21-7-11-5-4-6-12(13(11)15)18(19)20/h4-6H,7H2,1-3H3. The van der Waals surface area contributed by atoms with E-state index in [4.69, 9.17) is 0 Å². The predicted molar refractivity (Wildman–Crippen MR) is 86.6 cm³/mol. The van der Waals surface area contributed by atoms with E-state index in [1.54, 1.807) is 6.07 Å². The second kappa shape index (κ2) is 6.53. The van der Waals surface area contributed by atoms with Crippen LogP contribution in [0.15, 0.2) is 27.8 Å². The molecule has 0 fully saturated rings. The molecule has 0 aliphatic heterocycles. The largest absolute Gasteiger partial charge is 0.283 e. The van der Waals surface area contributed by atoms with Crippen LogP contribution in [-0.2, 0) is 5.75 Å². The van der Waals surface area contributed by atoms with Crippen molar-refractivity contribution < 1.29 is 4.92 Å². The van der Waals surface area contributed by atoms with Crippen LogP contribution in [0, 0.1) is 30.9 Å². The Balaban J connectivity index is 2.21. The van der Waals surface area contributed by atoms with Gasteiger partial charge in [-0.2, -0.15) is 0 Å². The molecule has 1 aromatic carbocycles. The van der Waals surface area contributed by atoms with Crippen molar-refractivity contribution in [2.75, 3.05) is 0 Å². The summed E-state index contributed by atoms with van der Waals surface area (Å²) in [5, 5.41) is 11.6. The van der Waals surface area contributed by atoms with Crippen LogP contribution in [0.4, 0.5) is 5.69 Å². The topological polar surface area (TPSA) is 68.9 Å². The van der Waals surface area contributed by atoms with E-state index in [0.29, 0.717) is 15.4 Å². The van der Waals surface area contributed by atoms with Crippen LogP contribution in [0.5, 0.6) is 0 Å². The lowest BCUT2D eigenvalue weighted by Crippen LogP contribution is -1.98. The molecule has 2 rings (SSSR count). The second-order valence-corrected chi connectivity index (χ2v) is 6.33. The van der Waals surface area contributed by atoms with Crippen molar-refractivity contribution in [2.45, 2.75) is 31.7 Å². The molecule has 0 spiro atoms. The highest BCUT2D eigenvalue weighted by molar-refractivity contribution is 9.10. The van der Waals surface area contributed by atoms with Gasteiger partial charge in [-0.05, 0) is 47.8 Å². The number of thioether (sulfide) groups is 1. The zero-order valence-corrected chi connectivity index (χ0v) is 14.3. The maximum Gasteiger partial charge on any atom is 0.283 e. The van der Waals surface area contributed by atoms with Gasteiger partial charge in [0.05, 0.1) is 9.40 Å². The van der Waals surface area contributed by atoms with E-state index in [9.17, 15) is 10.1 Å². The molecule has 0 N–H and O–H groups in total. The first-order valence-corrected chi connectivity index (χ1v) is 8.04. The highest BCUT2D eigenvalue weighted by atomic mass is 79.9. The summed E-state index contributed by atoms with van der Waals surface area (Å²) in [7, 11) is 0. The number of nitro benzene ring substituents is 1. The number of aryl methyl sites for hydroxylation is 2. The number of nitrogens with zero attached hydrogens (tertiary/aromatic N) is 3. The molecule has 0 aliphatic carbocycles. The van der Waals surface area contributed by atoms with Crippen LogP contribution < -0.4 is 0 Å². The first kappa shape index (κ1) is 15.9. The zero-order chi connectivity index (χ0) is 15.6. The third-order valence-electron chi connectivity index (χ3n) is 3.22. The molecule has 0 aliphatic rings. The number of benzene rings is 1. The van der Waals surface area contributed by atoms with Crippen LogP contribution in [0.1, 0.15) is 22.5 Å². The normalized spacial score (nSPS) is 10.7. The van der Waals surface area contributed by atoms with Gasteiger partial charge >= 0.3 is 0 Å². The van der Waals surface area contributed by atoms with E-state index in [0.717, 1.165) is 22.5 Å². The summed E-state index contributed by atoms with van der Waals surface area (Å²) < 4.78 is 0.517. The van der Waals surface area contributed by atoms with Gasteiger partial charge in [0.1, 0.15) is 0 Å². The Hall–Kier alpha value is -1.47. The number of hydrogen-bond donors (Lipinski definition) is 0. The maximum absolute atomic E-state index is 10.9. The number of nitro groups is 1. The molecule has 5 nitrogen and oxygen atoms in total. The quantitative estimate of drug-likeness (QED) is 0.347. The van der Waals surface area contributed by atoms with Crippen molar-refractivity contribution >= 4 is 33.4 Å². The average molecular weight is 368 g/mol. The summed E-state index contributed by atoms with van der Waals surface area (Å²) in [5.41, 5.74) is 3.95. The van der Waals surface area contributed by atoms with Crippen molar-refractivity contribution in [1.29, 1.82) is 0 Å². The van der Waals surface area contributed by atoms with Crippen LogP contribution >= 0.6 is 27.7 Å². The van der Waals surface area contributed by atoms with Crippen LogP contribution in [0.3, 0.4) is 0 Å². The molecule has 2 aromatic rings. The Morgan fingerprint density at radius 3 is 2.43 bits per heavy atom. The van der Waals surface area contributed by atoms with Crippen molar-refractivity contribution in [3.63, 3.8) is 0 Å². The van der Waals surface area contributed by atoms with Gasteiger partial charge in [-0.1, -0.05) is 23.9 Å². The summed E-state index contributed by atoms with van der Waals surface area (Å²) in [4.78, 5) is 19.4. The van der Waals surface area contributed by atoms with Gasteiger partial charge in [-0.25, -0.2) is 9.97 Å². The first-order valence-electron chi connectivity index (χ1n) is 6.26. The first-order chi connectivity index (χ1) is 9.90. The fraction of sp³-hybridized carbons (Fsp3) is 0.286. The minimum atomic E-state index is -0.394. The Morgan fingerprint density at radius 2 is 1.86 bits per heavy atom. The average Bonchev–Trinajstić information content (AvgIpc) is 2.43. The highest BCUT2D eigenvalue weighted by Gasteiger charge is 2.15. The van der Waals surface area contributed by atoms with Crippen LogP contribution in [-0.4, -0.2) is 14.9 Å². The Labute approximate surface area is 135 Å². The lowest BCUT2D eigenvalue weighted by molar-refractivity contribution is -0.385. The fourth-order valence-electron chi connectivity index (χ4n) is 1.77. The Bertz CT molecular complexity index is 684. The van der Waals surface area contributed by atoms with E-state index >= 15 is 0 Å². The molecule has 110 valence electrons. The Morgan fingerprint density at radius 1 is 1.24 bits per heavy atom. The van der Waals surface area contributed by atoms with Gasteiger partial charge in [-0.3, -0.25) is 10.1 Å². The van der Waals surface area contributed by atoms with Gasteiger partial charge in [0.25, 0.3) is 5.69 Å². The molecule has 0 saturated carbocycles. The van der Waals surface area contributed by atoms with E-state index in [1.807, 2.05) is 26.8 Å². The van der Waals surface area contributed by atoms with E-state index in [2.05, 4.69) is 25.9 Å². The van der Waals surface area contributed by atoms with Gasteiger partial charge in [0.15, 0.2) is 5.16 Å². The van der Waals surface area contributed by atoms with Crippen molar-refractivity contribution in [3.05, 3.63) is 55.3 Å². The van der Waals surface area contributed by atoms with Gasteiger partial charge < -0.3 is 0 Å². The van der Waals surface area contributed by atoms with Crippen LogP contribution in [0.2, 0.25) is 0 Å². The minimum absolute atomic E-state index is 0.0743. The van der Waals surface area contributed by atoms with E-state index in [-0.39, 0.29) is 5.69 Å². The minimum Gasteiger partial charge on any atom is -0.258 e. The van der Waals surface area contributed by atoms with E-state index < -0.39 is 4.92 Å². The number of halogens is 1. The molecule has 0 amide bonds. The highest BCUT2D eigenvalue weighted by Crippen LogP contribution is 2.32. The summed E-state index contributed by atoms with van der Waals surface area (Å²) in [6, 6.07) is 5.03. The number of rotatable bonds is 4. The predicted octanol–water partition coefficient (Wildman–Crippen LogP) is 4.36. The molecular weight excluding hydrogens is 354 g/mol. The summed E-state index contributed by atoms with van der Waals surface area (Å²) >= 11 is 4.77. The molecule has 7 heteroatoms. The van der Waals surface area contributed by atoms with Gasteiger partial charge in [0.2, 0.25) is 0 Å². The SMILES string of the molecule is Cc1nc(SCc2cccc([N+](=O)[O-])c2Br)nc(C)c1C. The zero-order valence-electron chi connectivity index (χ0n) is 11.9. The molecular formula is C14H14BrN3O2S. The monoisotopic (exact) mass is 367 g/mol. The molecule has 0 unspecified atom stereocenters. The lowest BCUT2D eigenvalue weighted by atomic mass is 10.2. The number of hydrogen-bond acceptors (Lipinski definition) is 5. The summed E-state index contributed by atoms with van der Waals surface area (Å²) in [5.74, 6) is 0.574. The van der Waals surface area contributed by atoms with Gasteiger partial charge in [0, 0.05) is 23.2 Å². The molecule has 21 heavy (non-hydrogen) atoms. The van der Waals surface area contributed by atoms with Crippen LogP contribution in [0.25, 0.3) is 0 Å². The maximum atomic E-state index is 10.9.